The van der Waals surface area contributed by atoms with E-state index in [-0.39, 0.29) is 0 Å². The Bertz CT molecular complexity index is 842. The Hall–Kier alpha value is -2.45. The highest BCUT2D eigenvalue weighted by molar-refractivity contribution is 7.70. The van der Waals surface area contributed by atoms with E-state index in [0.717, 1.165) is 28.1 Å². The number of aromatic nitrogens is 2. The molecular formula is C18H18N3OP. The quantitative estimate of drug-likeness (QED) is 0.733. The monoisotopic (exact) mass is 323 g/mol. The molecule has 5 heteroatoms. The first-order chi connectivity index (χ1) is 11.0. The molecule has 0 bridgehead atoms. The molecule has 0 saturated carbocycles. The Morgan fingerprint density at radius 3 is 2.26 bits per heavy atom. The van der Waals surface area contributed by atoms with Gasteiger partial charge in [-0.15, -0.1) is 0 Å². The molecule has 0 aliphatic rings. The summed E-state index contributed by atoms with van der Waals surface area (Å²) < 4.78 is 12.0. The molecule has 3 rings (SSSR count). The molecule has 23 heavy (non-hydrogen) atoms. The molecule has 0 aliphatic heterocycles. The summed E-state index contributed by atoms with van der Waals surface area (Å²) in [5.74, 6) is 0.725. The zero-order chi connectivity index (χ0) is 16.3. The second-order valence-corrected chi connectivity index (χ2v) is 8.90. The van der Waals surface area contributed by atoms with Crippen molar-refractivity contribution in [2.45, 2.75) is 0 Å². The van der Waals surface area contributed by atoms with Crippen LogP contribution < -0.4 is 10.6 Å². The number of nitrogens with one attached hydrogen (secondary N) is 1. The number of benzene rings is 2. The van der Waals surface area contributed by atoms with E-state index in [9.17, 15) is 4.57 Å². The maximum absolute atomic E-state index is 12.0. The van der Waals surface area contributed by atoms with Gasteiger partial charge < -0.3 is 9.88 Å². The fraction of sp³-hybridized carbons (Fsp3) is 0.111. The van der Waals surface area contributed by atoms with Crippen molar-refractivity contribution in [1.82, 2.24) is 9.97 Å². The van der Waals surface area contributed by atoms with E-state index in [2.05, 4.69) is 15.3 Å². The molecule has 0 atom stereocenters. The molecule has 116 valence electrons. The second kappa shape index (κ2) is 6.35. The van der Waals surface area contributed by atoms with Crippen molar-refractivity contribution in [2.75, 3.05) is 18.6 Å². The fourth-order valence-corrected chi connectivity index (χ4v) is 3.11. The average molecular weight is 323 g/mol. The van der Waals surface area contributed by atoms with Crippen LogP contribution in [0.15, 0.2) is 67.0 Å². The van der Waals surface area contributed by atoms with Crippen LogP contribution in [0.3, 0.4) is 0 Å². The summed E-state index contributed by atoms with van der Waals surface area (Å²) in [5, 5.41) is 4.12. The molecular weight excluding hydrogens is 305 g/mol. The zero-order valence-corrected chi connectivity index (χ0v) is 14.0. The summed E-state index contributed by atoms with van der Waals surface area (Å²) in [7, 11) is -2.22. The van der Waals surface area contributed by atoms with Crippen LogP contribution in [0.5, 0.6) is 0 Å². The summed E-state index contributed by atoms with van der Waals surface area (Å²) in [5.41, 5.74) is 2.82. The lowest BCUT2D eigenvalue weighted by Crippen LogP contribution is -2.03. The van der Waals surface area contributed by atoms with Gasteiger partial charge in [-0.1, -0.05) is 30.3 Å². The summed E-state index contributed by atoms with van der Waals surface area (Å²) in [6.45, 7) is 3.54. The van der Waals surface area contributed by atoms with Crippen molar-refractivity contribution in [3.8, 4) is 11.3 Å². The molecule has 0 fully saturated rings. The maximum Gasteiger partial charge on any atom is 0.134 e. The van der Waals surface area contributed by atoms with Gasteiger partial charge in [-0.3, -0.25) is 0 Å². The second-order valence-electron chi connectivity index (χ2n) is 5.68. The van der Waals surface area contributed by atoms with Crippen molar-refractivity contribution < 1.29 is 4.57 Å². The molecule has 0 amide bonds. The first-order valence-corrected chi connectivity index (χ1v) is 9.92. The Labute approximate surface area is 136 Å². The van der Waals surface area contributed by atoms with E-state index in [4.69, 9.17) is 0 Å². The van der Waals surface area contributed by atoms with Gasteiger partial charge in [0.25, 0.3) is 0 Å². The lowest BCUT2D eigenvalue weighted by Gasteiger charge is -2.10. The highest BCUT2D eigenvalue weighted by Gasteiger charge is 2.10. The van der Waals surface area contributed by atoms with E-state index in [0.29, 0.717) is 0 Å². The van der Waals surface area contributed by atoms with Crippen LogP contribution in [0, 0.1) is 0 Å². The Kier molecular flexibility index (Phi) is 4.26. The number of hydrogen-bond donors (Lipinski definition) is 1. The summed E-state index contributed by atoms with van der Waals surface area (Å²) in [6, 6.07) is 19.5. The van der Waals surface area contributed by atoms with Crippen molar-refractivity contribution in [3.63, 3.8) is 0 Å². The molecule has 3 aromatic rings. The third-order valence-electron chi connectivity index (χ3n) is 3.50. The predicted molar refractivity (Wildman–Crippen MR) is 96.3 cm³/mol. The topological polar surface area (TPSA) is 54.9 Å². The Morgan fingerprint density at radius 2 is 1.61 bits per heavy atom. The third-order valence-corrected chi connectivity index (χ3v) is 5.04. The van der Waals surface area contributed by atoms with E-state index >= 15 is 0 Å². The van der Waals surface area contributed by atoms with Gasteiger partial charge in [0.1, 0.15) is 19.3 Å². The summed E-state index contributed by atoms with van der Waals surface area (Å²) >= 11 is 0. The van der Waals surface area contributed by atoms with Gasteiger partial charge in [0, 0.05) is 22.6 Å². The van der Waals surface area contributed by atoms with Gasteiger partial charge in [-0.2, -0.15) is 0 Å². The van der Waals surface area contributed by atoms with Crippen molar-refractivity contribution in [1.29, 1.82) is 0 Å². The smallest absolute Gasteiger partial charge is 0.134 e. The molecule has 1 N–H and O–H groups in total. The van der Waals surface area contributed by atoms with Crippen molar-refractivity contribution in [3.05, 3.63) is 67.0 Å². The Morgan fingerprint density at radius 1 is 0.913 bits per heavy atom. The minimum absolute atomic E-state index is 0.725. The van der Waals surface area contributed by atoms with Crippen LogP contribution in [0.4, 0.5) is 11.5 Å². The highest BCUT2D eigenvalue weighted by atomic mass is 31.2. The van der Waals surface area contributed by atoms with E-state index in [1.807, 2.05) is 60.7 Å². The van der Waals surface area contributed by atoms with Crippen LogP contribution in [-0.4, -0.2) is 23.3 Å². The molecule has 0 unspecified atom stereocenters. The van der Waals surface area contributed by atoms with Gasteiger partial charge >= 0.3 is 0 Å². The first kappa shape index (κ1) is 15.4. The highest BCUT2D eigenvalue weighted by Crippen LogP contribution is 2.34. The van der Waals surface area contributed by atoms with Crippen LogP contribution in [0.2, 0.25) is 0 Å². The normalized spacial score (nSPS) is 11.2. The number of rotatable bonds is 4. The van der Waals surface area contributed by atoms with Gasteiger partial charge in [-0.25, -0.2) is 9.97 Å². The van der Waals surface area contributed by atoms with Crippen molar-refractivity contribution in [2.24, 2.45) is 0 Å². The SMILES string of the molecule is CP(C)(=O)c1ccc(Nc2cc(-c3ccccc3)ncn2)cc1. The number of anilines is 2. The maximum atomic E-state index is 12.0. The van der Waals surface area contributed by atoms with E-state index in [1.165, 1.54) is 0 Å². The van der Waals surface area contributed by atoms with Crippen molar-refractivity contribution >= 4 is 24.0 Å². The van der Waals surface area contributed by atoms with Gasteiger partial charge in [-0.05, 0) is 37.6 Å². The van der Waals surface area contributed by atoms with E-state index in [1.54, 1.807) is 19.7 Å². The molecule has 2 aromatic carbocycles. The van der Waals surface area contributed by atoms with Gasteiger partial charge in [0.15, 0.2) is 0 Å². The molecule has 0 spiro atoms. The number of hydrogen-bond acceptors (Lipinski definition) is 4. The molecule has 4 nitrogen and oxygen atoms in total. The standard InChI is InChI=1S/C18H18N3OP/c1-23(2,22)16-10-8-15(9-11-16)21-18-12-17(19-13-20-18)14-6-4-3-5-7-14/h3-13H,1-2H3,(H,19,20,21). The summed E-state index contributed by atoms with van der Waals surface area (Å²) in [6.07, 6.45) is 1.55. The average Bonchev–Trinajstić information content (AvgIpc) is 2.56. The lowest BCUT2D eigenvalue weighted by atomic mass is 10.1. The van der Waals surface area contributed by atoms with Gasteiger partial charge in [0.2, 0.25) is 0 Å². The fourth-order valence-electron chi connectivity index (χ4n) is 2.24. The minimum Gasteiger partial charge on any atom is -0.340 e. The van der Waals surface area contributed by atoms with Crippen LogP contribution >= 0.6 is 7.14 Å². The third kappa shape index (κ3) is 3.85. The van der Waals surface area contributed by atoms with Crippen LogP contribution in [-0.2, 0) is 4.57 Å². The largest absolute Gasteiger partial charge is 0.340 e. The van der Waals surface area contributed by atoms with Gasteiger partial charge in [0.05, 0.1) is 5.69 Å². The predicted octanol–water partition coefficient (Wildman–Crippen LogP) is 4.14. The molecule has 0 aliphatic carbocycles. The lowest BCUT2D eigenvalue weighted by molar-refractivity contribution is 0.588. The van der Waals surface area contributed by atoms with E-state index < -0.39 is 7.14 Å². The minimum atomic E-state index is -2.22. The zero-order valence-electron chi connectivity index (χ0n) is 13.1. The molecule has 1 aromatic heterocycles. The first-order valence-electron chi connectivity index (χ1n) is 7.32. The molecule has 0 radical (unpaired) electrons. The Balaban J connectivity index is 1.82. The number of nitrogens with zero attached hydrogens (tertiary/aromatic N) is 2. The molecule has 1 heterocycles. The van der Waals surface area contributed by atoms with Crippen LogP contribution in [0.1, 0.15) is 0 Å². The summed E-state index contributed by atoms with van der Waals surface area (Å²) in [4.78, 5) is 8.56. The van der Waals surface area contributed by atoms with Crippen LogP contribution in [0.25, 0.3) is 11.3 Å². The molecule has 0 saturated heterocycles.